The highest BCUT2D eigenvalue weighted by atomic mass is 16.5. The molecule has 0 bridgehead atoms. The summed E-state index contributed by atoms with van der Waals surface area (Å²) in [5, 5.41) is 4.42. The van der Waals surface area contributed by atoms with Crippen LogP contribution >= 0.6 is 0 Å². The largest absolute Gasteiger partial charge is 0.492 e. The molecule has 0 radical (unpaired) electrons. The van der Waals surface area contributed by atoms with Crippen LogP contribution in [0.15, 0.2) is 24.3 Å². The van der Waals surface area contributed by atoms with E-state index in [2.05, 4.69) is 17.0 Å². The van der Waals surface area contributed by atoms with Gasteiger partial charge in [0.25, 0.3) is 0 Å². The molecule has 22 heavy (non-hydrogen) atoms. The Labute approximate surface area is 130 Å². The number of nitrogens with zero attached hydrogens (tertiary/aromatic N) is 3. The summed E-state index contributed by atoms with van der Waals surface area (Å²) >= 11 is 0. The lowest BCUT2D eigenvalue weighted by atomic mass is 10.1. The number of likely N-dealkylation sites (N-methyl/N-ethyl adjacent to an activating group) is 1. The lowest BCUT2D eigenvalue weighted by molar-refractivity contribution is 0.200. The van der Waals surface area contributed by atoms with E-state index < -0.39 is 0 Å². The third-order valence-electron chi connectivity index (χ3n) is 4.02. The van der Waals surface area contributed by atoms with Gasteiger partial charge in [0.15, 0.2) is 11.5 Å². The highest BCUT2D eigenvalue weighted by molar-refractivity contribution is 5.72. The molecule has 1 aliphatic rings. The van der Waals surface area contributed by atoms with Gasteiger partial charge in [-0.3, -0.25) is 4.68 Å². The number of nitrogen functional groups attached to an aromatic ring is 1. The van der Waals surface area contributed by atoms with E-state index in [-0.39, 0.29) is 6.10 Å². The minimum absolute atomic E-state index is 0.197. The molecule has 6 heteroatoms. The van der Waals surface area contributed by atoms with Crippen molar-refractivity contribution in [2.45, 2.75) is 12.5 Å². The minimum Gasteiger partial charge on any atom is -0.492 e. The molecule has 0 saturated carbocycles. The molecule has 1 aromatic heterocycles. The number of rotatable bonds is 4. The normalized spacial score (nSPS) is 18.6. The summed E-state index contributed by atoms with van der Waals surface area (Å²) < 4.78 is 13.4. The van der Waals surface area contributed by atoms with Gasteiger partial charge in [0, 0.05) is 31.8 Å². The fraction of sp³-hybridized carbons (Fsp3) is 0.438. The highest BCUT2D eigenvalue weighted by Gasteiger charge is 2.23. The molecule has 1 aliphatic heterocycles. The number of likely N-dealkylation sites (tertiary alicyclic amines) is 1. The zero-order valence-electron chi connectivity index (χ0n) is 13.2. The number of para-hydroxylation sites is 1. The van der Waals surface area contributed by atoms with Gasteiger partial charge in [0.2, 0.25) is 0 Å². The van der Waals surface area contributed by atoms with Gasteiger partial charge in [-0.25, -0.2) is 0 Å². The quantitative estimate of drug-likeness (QED) is 0.932. The molecule has 1 unspecified atom stereocenters. The monoisotopic (exact) mass is 302 g/mol. The fourth-order valence-corrected chi connectivity index (χ4v) is 2.80. The van der Waals surface area contributed by atoms with E-state index in [9.17, 15) is 0 Å². The molecular weight excluding hydrogens is 280 g/mol. The van der Waals surface area contributed by atoms with Crippen molar-refractivity contribution >= 4 is 5.82 Å². The SMILES string of the molecule is COc1c(OC2CCN(C)C2)cccc1-c1cc(N)n(C)n1. The Morgan fingerprint density at radius 1 is 1.32 bits per heavy atom. The molecule has 1 saturated heterocycles. The lowest BCUT2D eigenvalue weighted by Crippen LogP contribution is -2.21. The molecule has 0 aliphatic carbocycles. The fourth-order valence-electron chi connectivity index (χ4n) is 2.80. The maximum Gasteiger partial charge on any atom is 0.170 e. The molecular formula is C16H22N4O2. The van der Waals surface area contributed by atoms with E-state index >= 15 is 0 Å². The van der Waals surface area contributed by atoms with Crippen molar-refractivity contribution in [1.82, 2.24) is 14.7 Å². The molecule has 3 rings (SSSR count). The molecule has 1 atom stereocenters. The van der Waals surface area contributed by atoms with Crippen molar-refractivity contribution in [1.29, 1.82) is 0 Å². The lowest BCUT2D eigenvalue weighted by Gasteiger charge is -2.17. The van der Waals surface area contributed by atoms with Gasteiger partial charge in [-0.15, -0.1) is 0 Å². The second-order valence-corrected chi connectivity index (χ2v) is 5.71. The zero-order chi connectivity index (χ0) is 15.7. The maximum absolute atomic E-state index is 6.13. The smallest absolute Gasteiger partial charge is 0.170 e. The number of aryl methyl sites for hydroxylation is 1. The summed E-state index contributed by atoms with van der Waals surface area (Å²) in [6.07, 6.45) is 1.23. The van der Waals surface area contributed by atoms with Crippen LogP contribution in [0.1, 0.15) is 6.42 Å². The molecule has 118 valence electrons. The second-order valence-electron chi connectivity index (χ2n) is 5.71. The summed E-state index contributed by atoms with van der Waals surface area (Å²) in [5.41, 5.74) is 7.55. The summed E-state index contributed by atoms with van der Waals surface area (Å²) in [7, 11) is 5.58. The first-order valence-corrected chi connectivity index (χ1v) is 7.40. The van der Waals surface area contributed by atoms with Crippen LogP contribution in [0.25, 0.3) is 11.3 Å². The van der Waals surface area contributed by atoms with Crippen molar-refractivity contribution in [2.75, 3.05) is 33.0 Å². The van der Waals surface area contributed by atoms with Crippen molar-refractivity contribution in [3.05, 3.63) is 24.3 Å². The third-order valence-corrected chi connectivity index (χ3v) is 4.02. The first-order valence-electron chi connectivity index (χ1n) is 7.40. The Morgan fingerprint density at radius 2 is 2.14 bits per heavy atom. The van der Waals surface area contributed by atoms with Gasteiger partial charge in [-0.2, -0.15) is 5.10 Å². The van der Waals surface area contributed by atoms with E-state index in [0.717, 1.165) is 36.5 Å². The minimum atomic E-state index is 0.197. The second kappa shape index (κ2) is 5.88. The van der Waals surface area contributed by atoms with Crippen LogP contribution in [-0.4, -0.2) is 48.0 Å². The Hall–Kier alpha value is -2.21. The van der Waals surface area contributed by atoms with Crippen LogP contribution in [0, 0.1) is 0 Å². The average Bonchev–Trinajstić information content (AvgIpc) is 3.05. The Bertz CT molecular complexity index is 649. The van der Waals surface area contributed by atoms with Gasteiger partial charge < -0.3 is 20.1 Å². The zero-order valence-corrected chi connectivity index (χ0v) is 13.2. The summed E-state index contributed by atoms with van der Waals surface area (Å²) in [6, 6.07) is 7.70. The molecule has 1 aromatic carbocycles. The van der Waals surface area contributed by atoms with Gasteiger partial charge >= 0.3 is 0 Å². The molecule has 0 spiro atoms. The highest BCUT2D eigenvalue weighted by Crippen LogP contribution is 2.38. The predicted molar refractivity (Wildman–Crippen MR) is 86.1 cm³/mol. The number of benzene rings is 1. The Morgan fingerprint density at radius 3 is 2.73 bits per heavy atom. The van der Waals surface area contributed by atoms with Crippen molar-refractivity contribution in [2.24, 2.45) is 7.05 Å². The number of anilines is 1. The van der Waals surface area contributed by atoms with E-state index in [0.29, 0.717) is 11.6 Å². The third kappa shape index (κ3) is 2.74. The maximum atomic E-state index is 6.13. The topological polar surface area (TPSA) is 65.5 Å². The van der Waals surface area contributed by atoms with Crippen LogP contribution in [0.5, 0.6) is 11.5 Å². The van der Waals surface area contributed by atoms with Gasteiger partial charge in [0.1, 0.15) is 11.9 Å². The average molecular weight is 302 g/mol. The van der Waals surface area contributed by atoms with Crippen LogP contribution in [-0.2, 0) is 7.05 Å². The summed E-state index contributed by atoms with van der Waals surface area (Å²) in [4.78, 5) is 2.26. The number of nitrogens with two attached hydrogens (primary N) is 1. The number of ether oxygens (including phenoxy) is 2. The van der Waals surface area contributed by atoms with Crippen LogP contribution < -0.4 is 15.2 Å². The molecule has 6 nitrogen and oxygen atoms in total. The van der Waals surface area contributed by atoms with Gasteiger partial charge in [-0.1, -0.05) is 6.07 Å². The van der Waals surface area contributed by atoms with Crippen molar-refractivity contribution in [3.63, 3.8) is 0 Å². The Balaban J connectivity index is 1.93. The van der Waals surface area contributed by atoms with Crippen LogP contribution in [0.4, 0.5) is 5.82 Å². The number of aromatic nitrogens is 2. The molecule has 0 amide bonds. The van der Waals surface area contributed by atoms with E-state index in [1.165, 1.54) is 0 Å². The first kappa shape index (κ1) is 14.7. The van der Waals surface area contributed by atoms with Crippen molar-refractivity contribution < 1.29 is 9.47 Å². The van der Waals surface area contributed by atoms with E-state index in [1.54, 1.807) is 11.8 Å². The van der Waals surface area contributed by atoms with Gasteiger partial charge in [-0.05, 0) is 25.6 Å². The number of methoxy groups -OCH3 is 1. The molecule has 2 N–H and O–H groups in total. The molecule has 2 heterocycles. The van der Waals surface area contributed by atoms with E-state index in [1.807, 2.05) is 31.3 Å². The first-order chi connectivity index (χ1) is 10.6. The van der Waals surface area contributed by atoms with Crippen LogP contribution in [0.2, 0.25) is 0 Å². The number of hydrogen-bond donors (Lipinski definition) is 1. The van der Waals surface area contributed by atoms with Gasteiger partial charge in [0.05, 0.1) is 12.8 Å². The van der Waals surface area contributed by atoms with E-state index in [4.69, 9.17) is 15.2 Å². The molecule has 2 aromatic rings. The Kier molecular flexibility index (Phi) is 3.94. The van der Waals surface area contributed by atoms with Crippen molar-refractivity contribution in [3.8, 4) is 22.8 Å². The summed E-state index contributed by atoms with van der Waals surface area (Å²) in [6.45, 7) is 1.99. The predicted octanol–water partition coefficient (Wildman–Crippen LogP) is 1.76. The standard InChI is InChI=1S/C16H22N4O2/c1-19-8-7-11(10-19)22-14-6-4-5-12(16(14)21-3)13-9-15(17)20(2)18-13/h4-6,9,11H,7-8,10,17H2,1-3H3. The van der Waals surface area contributed by atoms with Crippen LogP contribution in [0.3, 0.4) is 0 Å². The summed E-state index contributed by atoms with van der Waals surface area (Å²) in [5.74, 6) is 2.07. The number of hydrogen-bond acceptors (Lipinski definition) is 5. The molecule has 1 fully saturated rings.